The van der Waals surface area contributed by atoms with Crippen molar-refractivity contribution in [3.63, 3.8) is 0 Å². The molecule has 1 aliphatic rings. The lowest BCUT2D eigenvalue weighted by atomic mass is 9.95. The minimum absolute atomic E-state index is 0.344. The molecule has 1 aromatic carbocycles. The van der Waals surface area contributed by atoms with Crippen LogP contribution in [0.5, 0.6) is 5.75 Å². The second kappa shape index (κ2) is 5.07. The van der Waals surface area contributed by atoms with Crippen LogP contribution in [0, 0.1) is 6.92 Å². The van der Waals surface area contributed by atoms with E-state index in [1.54, 1.807) is 7.11 Å². The molecule has 16 heavy (non-hydrogen) atoms. The number of rotatable bonds is 2. The highest BCUT2D eigenvalue weighted by atomic mass is 35.5. The standard InChI is InChI=1S/C13H18ClNO/c1-9-6-7-11(16-2)12(13(9)14)10-5-3-4-8-15-10/h6-7,10,15H,3-5,8H2,1-2H3. The number of benzene rings is 1. The van der Waals surface area contributed by atoms with Crippen LogP contribution in [-0.2, 0) is 0 Å². The van der Waals surface area contributed by atoms with Gasteiger partial charge >= 0.3 is 0 Å². The third kappa shape index (κ3) is 2.18. The molecule has 0 spiro atoms. The van der Waals surface area contributed by atoms with E-state index in [0.29, 0.717) is 6.04 Å². The van der Waals surface area contributed by atoms with Gasteiger partial charge in [-0.3, -0.25) is 0 Å². The van der Waals surface area contributed by atoms with Crippen molar-refractivity contribution in [2.45, 2.75) is 32.2 Å². The zero-order valence-corrected chi connectivity index (χ0v) is 10.6. The molecule has 1 N–H and O–H groups in total. The number of hydrogen-bond acceptors (Lipinski definition) is 2. The van der Waals surface area contributed by atoms with Gasteiger partial charge in [-0.25, -0.2) is 0 Å². The van der Waals surface area contributed by atoms with Gasteiger partial charge in [-0.2, -0.15) is 0 Å². The third-order valence-electron chi connectivity index (χ3n) is 3.21. The molecule has 0 saturated carbocycles. The highest BCUT2D eigenvalue weighted by Crippen LogP contribution is 2.37. The van der Waals surface area contributed by atoms with Gasteiger partial charge < -0.3 is 10.1 Å². The van der Waals surface area contributed by atoms with Gasteiger partial charge in [0.2, 0.25) is 0 Å². The molecule has 1 atom stereocenters. The molecule has 1 saturated heterocycles. The van der Waals surface area contributed by atoms with Gasteiger partial charge in [0.1, 0.15) is 5.75 Å². The first-order valence-corrected chi connectivity index (χ1v) is 6.18. The van der Waals surface area contributed by atoms with E-state index < -0.39 is 0 Å². The Kier molecular flexibility index (Phi) is 3.72. The minimum Gasteiger partial charge on any atom is -0.496 e. The van der Waals surface area contributed by atoms with E-state index in [4.69, 9.17) is 16.3 Å². The summed E-state index contributed by atoms with van der Waals surface area (Å²) < 4.78 is 5.41. The SMILES string of the molecule is COc1ccc(C)c(Cl)c1C1CCCCN1. The fourth-order valence-corrected chi connectivity index (χ4v) is 2.57. The van der Waals surface area contributed by atoms with Crippen molar-refractivity contribution < 1.29 is 4.74 Å². The fourth-order valence-electron chi connectivity index (χ4n) is 2.29. The van der Waals surface area contributed by atoms with Gasteiger partial charge in [0.15, 0.2) is 0 Å². The average Bonchev–Trinajstić information content (AvgIpc) is 2.33. The van der Waals surface area contributed by atoms with Gasteiger partial charge in [0.25, 0.3) is 0 Å². The van der Waals surface area contributed by atoms with E-state index in [9.17, 15) is 0 Å². The van der Waals surface area contributed by atoms with Crippen LogP contribution >= 0.6 is 11.6 Å². The normalized spacial score (nSPS) is 20.8. The van der Waals surface area contributed by atoms with E-state index in [2.05, 4.69) is 5.32 Å². The minimum atomic E-state index is 0.344. The summed E-state index contributed by atoms with van der Waals surface area (Å²) in [6.07, 6.45) is 3.65. The second-order valence-electron chi connectivity index (χ2n) is 4.31. The molecule has 3 heteroatoms. The first kappa shape index (κ1) is 11.7. The zero-order chi connectivity index (χ0) is 11.5. The van der Waals surface area contributed by atoms with Gasteiger partial charge in [-0.15, -0.1) is 0 Å². The summed E-state index contributed by atoms with van der Waals surface area (Å²) in [6, 6.07) is 4.36. The topological polar surface area (TPSA) is 21.3 Å². The lowest BCUT2D eigenvalue weighted by molar-refractivity contribution is 0.373. The third-order valence-corrected chi connectivity index (χ3v) is 3.71. The summed E-state index contributed by atoms with van der Waals surface area (Å²) in [4.78, 5) is 0. The predicted molar refractivity (Wildman–Crippen MR) is 67.3 cm³/mol. The Labute approximate surface area is 102 Å². The van der Waals surface area contributed by atoms with Crippen molar-refractivity contribution in [3.05, 3.63) is 28.3 Å². The van der Waals surface area contributed by atoms with Gasteiger partial charge in [-0.1, -0.05) is 24.1 Å². The highest BCUT2D eigenvalue weighted by Gasteiger charge is 2.22. The van der Waals surface area contributed by atoms with Crippen molar-refractivity contribution in [2.24, 2.45) is 0 Å². The molecular weight excluding hydrogens is 222 g/mol. The zero-order valence-electron chi connectivity index (χ0n) is 9.85. The molecular formula is C13H18ClNO. The number of halogens is 1. The number of nitrogens with one attached hydrogen (secondary N) is 1. The van der Waals surface area contributed by atoms with E-state index in [0.717, 1.165) is 34.9 Å². The highest BCUT2D eigenvalue weighted by molar-refractivity contribution is 6.32. The van der Waals surface area contributed by atoms with Crippen LogP contribution < -0.4 is 10.1 Å². The molecule has 2 rings (SSSR count). The lowest BCUT2D eigenvalue weighted by Gasteiger charge is -2.26. The molecule has 88 valence electrons. The first-order valence-electron chi connectivity index (χ1n) is 5.80. The Bertz CT molecular complexity index is 372. The van der Waals surface area contributed by atoms with Gasteiger partial charge in [0.05, 0.1) is 12.1 Å². The maximum atomic E-state index is 6.39. The number of hydrogen-bond donors (Lipinski definition) is 1. The van der Waals surface area contributed by atoms with Crippen LogP contribution in [0.3, 0.4) is 0 Å². The van der Waals surface area contributed by atoms with Crippen molar-refractivity contribution in [1.29, 1.82) is 0 Å². The summed E-state index contributed by atoms with van der Waals surface area (Å²) in [5.41, 5.74) is 2.24. The van der Waals surface area contributed by atoms with Crippen LogP contribution in [0.4, 0.5) is 0 Å². The van der Waals surface area contributed by atoms with Gasteiger partial charge in [-0.05, 0) is 37.9 Å². The molecule has 1 heterocycles. The number of ether oxygens (including phenoxy) is 1. The number of methoxy groups -OCH3 is 1. The lowest BCUT2D eigenvalue weighted by Crippen LogP contribution is -2.27. The van der Waals surface area contributed by atoms with E-state index in [1.165, 1.54) is 12.8 Å². The summed E-state index contributed by atoms with van der Waals surface area (Å²) >= 11 is 6.39. The number of piperidine rings is 1. The van der Waals surface area contributed by atoms with Gasteiger partial charge in [0, 0.05) is 11.6 Å². The molecule has 1 unspecified atom stereocenters. The smallest absolute Gasteiger partial charge is 0.125 e. The van der Waals surface area contributed by atoms with Crippen LogP contribution in [0.1, 0.15) is 36.4 Å². The largest absolute Gasteiger partial charge is 0.496 e. The Morgan fingerprint density at radius 2 is 2.19 bits per heavy atom. The second-order valence-corrected chi connectivity index (χ2v) is 4.69. The summed E-state index contributed by atoms with van der Waals surface area (Å²) in [5.74, 6) is 0.898. The summed E-state index contributed by atoms with van der Waals surface area (Å²) in [5, 5.41) is 4.36. The first-order chi connectivity index (χ1) is 7.74. The maximum Gasteiger partial charge on any atom is 0.125 e. The Morgan fingerprint density at radius 1 is 1.38 bits per heavy atom. The molecule has 0 aliphatic carbocycles. The van der Waals surface area contributed by atoms with E-state index >= 15 is 0 Å². The average molecular weight is 240 g/mol. The maximum absolute atomic E-state index is 6.39. The Hall–Kier alpha value is -0.730. The molecule has 1 aliphatic heterocycles. The van der Waals surface area contributed by atoms with Crippen molar-refractivity contribution >= 4 is 11.6 Å². The molecule has 0 radical (unpaired) electrons. The Morgan fingerprint density at radius 3 is 2.81 bits per heavy atom. The molecule has 0 amide bonds. The van der Waals surface area contributed by atoms with E-state index in [1.807, 2.05) is 19.1 Å². The fraction of sp³-hybridized carbons (Fsp3) is 0.538. The quantitative estimate of drug-likeness (QED) is 0.853. The van der Waals surface area contributed by atoms with E-state index in [-0.39, 0.29) is 0 Å². The van der Waals surface area contributed by atoms with Crippen LogP contribution in [0.25, 0.3) is 0 Å². The van der Waals surface area contributed by atoms with Crippen LogP contribution in [-0.4, -0.2) is 13.7 Å². The molecule has 1 fully saturated rings. The number of aryl methyl sites for hydroxylation is 1. The monoisotopic (exact) mass is 239 g/mol. The van der Waals surface area contributed by atoms with Crippen molar-refractivity contribution in [1.82, 2.24) is 5.32 Å². The molecule has 1 aromatic rings. The molecule has 2 nitrogen and oxygen atoms in total. The molecule has 0 aromatic heterocycles. The van der Waals surface area contributed by atoms with Crippen molar-refractivity contribution in [3.8, 4) is 5.75 Å². The summed E-state index contributed by atoms with van der Waals surface area (Å²) in [6.45, 7) is 3.10. The molecule has 0 bridgehead atoms. The van der Waals surface area contributed by atoms with Crippen LogP contribution in [0.2, 0.25) is 5.02 Å². The van der Waals surface area contributed by atoms with Crippen LogP contribution in [0.15, 0.2) is 12.1 Å². The predicted octanol–water partition coefficient (Wildman–Crippen LogP) is 3.47. The summed E-state index contributed by atoms with van der Waals surface area (Å²) in [7, 11) is 1.70. The van der Waals surface area contributed by atoms with Crippen molar-refractivity contribution in [2.75, 3.05) is 13.7 Å². The Balaban J connectivity index is 2.39.